The molecule has 2 heteroatoms. The molecule has 20 heavy (non-hydrogen) atoms. The average Bonchev–Trinajstić information content (AvgIpc) is 2.85. The second-order valence-electron chi connectivity index (χ2n) is 5.58. The zero-order chi connectivity index (χ0) is 14.5. The van der Waals surface area contributed by atoms with Gasteiger partial charge in [-0.1, -0.05) is 25.1 Å². The van der Waals surface area contributed by atoms with Crippen LogP contribution in [0.5, 0.6) is 0 Å². The molecule has 0 aliphatic carbocycles. The van der Waals surface area contributed by atoms with Gasteiger partial charge < -0.3 is 9.73 Å². The van der Waals surface area contributed by atoms with Crippen LogP contribution < -0.4 is 5.32 Å². The molecule has 1 aromatic carbocycles. The summed E-state index contributed by atoms with van der Waals surface area (Å²) in [5, 5.41) is 3.59. The van der Waals surface area contributed by atoms with Gasteiger partial charge in [-0.05, 0) is 69.0 Å². The van der Waals surface area contributed by atoms with Gasteiger partial charge in [-0.2, -0.15) is 0 Å². The van der Waals surface area contributed by atoms with E-state index in [0.29, 0.717) is 0 Å². The first-order chi connectivity index (χ1) is 9.60. The van der Waals surface area contributed by atoms with E-state index in [4.69, 9.17) is 4.42 Å². The Labute approximate surface area is 122 Å². The molecule has 0 bridgehead atoms. The van der Waals surface area contributed by atoms with Crippen molar-refractivity contribution < 1.29 is 4.42 Å². The minimum atomic E-state index is 0.255. The van der Waals surface area contributed by atoms with Gasteiger partial charge in [0.05, 0.1) is 6.04 Å². The lowest BCUT2D eigenvalue weighted by Gasteiger charge is -2.17. The lowest BCUT2D eigenvalue weighted by Crippen LogP contribution is -2.23. The fourth-order valence-corrected chi connectivity index (χ4v) is 2.40. The standard InChI is InChI=1S/C18H25NO/c1-5-10-19-17(18-9-7-15(4)20-18)12-16-8-6-13(2)14(3)11-16/h6-9,11,17,19H,5,10,12H2,1-4H3. The molecule has 0 saturated carbocycles. The summed E-state index contributed by atoms with van der Waals surface area (Å²) in [5.41, 5.74) is 4.06. The Morgan fingerprint density at radius 1 is 1.05 bits per heavy atom. The predicted octanol–water partition coefficient (Wildman–Crippen LogP) is 4.49. The van der Waals surface area contributed by atoms with Gasteiger partial charge in [-0.25, -0.2) is 0 Å². The van der Waals surface area contributed by atoms with Crippen molar-refractivity contribution in [3.63, 3.8) is 0 Å². The maximum absolute atomic E-state index is 5.81. The van der Waals surface area contributed by atoms with E-state index in [1.807, 2.05) is 13.0 Å². The molecule has 1 aromatic heterocycles. The largest absolute Gasteiger partial charge is 0.465 e. The molecule has 0 saturated heterocycles. The van der Waals surface area contributed by atoms with Crippen LogP contribution >= 0.6 is 0 Å². The second-order valence-corrected chi connectivity index (χ2v) is 5.58. The molecular formula is C18H25NO. The van der Waals surface area contributed by atoms with Gasteiger partial charge >= 0.3 is 0 Å². The summed E-state index contributed by atoms with van der Waals surface area (Å²) in [6, 6.07) is 11.1. The Morgan fingerprint density at radius 3 is 2.45 bits per heavy atom. The quantitative estimate of drug-likeness (QED) is 0.837. The number of hydrogen-bond donors (Lipinski definition) is 1. The van der Waals surface area contributed by atoms with E-state index < -0.39 is 0 Å². The van der Waals surface area contributed by atoms with Gasteiger partial charge in [-0.15, -0.1) is 0 Å². The average molecular weight is 271 g/mol. The molecule has 0 spiro atoms. The highest BCUT2D eigenvalue weighted by Crippen LogP contribution is 2.22. The lowest BCUT2D eigenvalue weighted by atomic mass is 9.99. The van der Waals surface area contributed by atoms with Crippen LogP contribution in [0, 0.1) is 20.8 Å². The summed E-state index contributed by atoms with van der Waals surface area (Å²) in [4.78, 5) is 0. The first-order valence-corrected chi connectivity index (χ1v) is 7.46. The number of furan rings is 1. The number of benzene rings is 1. The van der Waals surface area contributed by atoms with E-state index >= 15 is 0 Å². The summed E-state index contributed by atoms with van der Waals surface area (Å²) in [7, 11) is 0. The van der Waals surface area contributed by atoms with Crippen LogP contribution in [0.25, 0.3) is 0 Å². The molecule has 1 N–H and O–H groups in total. The molecule has 108 valence electrons. The molecule has 1 atom stereocenters. The van der Waals surface area contributed by atoms with Crippen molar-refractivity contribution in [2.24, 2.45) is 0 Å². The van der Waals surface area contributed by atoms with Gasteiger partial charge in [-0.3, -0.25) is 0 Å². The smallest absolute Gasteiger partial charge is 0.121 e. The number of hydrogen-bond acceptors (Lipinski definition) is 2. The van der Waals surface area contributed by atoms with Crippen LogP contribution in [-0.4, -0.2) is 6.54 Å². The van der Waals surface area contributed by atoms with E-state index in [2.05, 4.69) is 50.4 Å². The van der Waals surface area contributed by atoms with Crippen LogP contribution in [0.2, 0.25) is 0 Å². The highest BCUT2D eigenvalue weighted by molar-refractivity contribution is 5.31. The fourth-order valence-electron chi connectivity index (χ4n) is 2.40. The van der Waals surface area contributed by atoms with E-state index in [1.54, 1.807) is 0 Å². The van der Waals surface area contributed by atoms with Crippen LogP contribution in [-0.2, 0) is 6.42 Å². The van der Waals surface area contributed by atoms with E-state index in [0.717, 1.165) is 30.9 Å². The van der Waals surface area contributed by atoms with E-state index in [9.17, 15) is 0 Å². The molecule has 2 rings (SSSR count). The number of rotatable bonds is 6. The number of nitrogens with one attached hydrogen (secondary N) is 1. The summed E-state index contributed by atoms with van der Waals surface area (Å²) in [6.07, 6.45) is 2.09. The first kappa shape index (κ1) is 14.9. The van der Waals surface area contributed by atoms with Gasteiger partial charge in [0.2, 0.25) is 0 Å². The third-order valence-electron chi connectivity index (χ3n) is 3.76. The minimum absolute atomic E-state index is 0.255. The highest BCUT2D eigenvalue weighted by Gasteiger charge is 2.15. The zero-order valence-electron chi connectivity index (χ0n) is 13.0. The van der Waals surface area contributed by atoms with Crippen molar-refractivity contribution in [1.82, 2.24) is 5.32 Å². The topological polar surface area (TPSA) is 25.2 Å². The minimum Gasteiger partial charge on any atom is -0.465 e. The Balaban J connectivity index is 2.16. The Bertz CT molecular complexity index is 556. The van der Waals surface area contributed by atoms with Crippen molar-refractivity contribution in [2.45, 2.75) is 46.6 Å². The van der Waals surface area contributed by atoms with Crippen molar-refractivity contribution in [1.29, 1.82) is 0 Å². The monoisotopic (exact) mass is 271 g/mol. The SMILES string of the molecule is CCCNC(Cc1ccc(C)c(C)c1)c1ccc(C)o1. The van der Waals surface area contributed by atoms with Gasteiger partial charge in [0.15, 0.2) is 0 Å². The molecule has 0 aliphatic heterocycles. The third kappa shape index (κ3) is 3.73. The molecule has 0 radical (unpaired) electrons. The van der Waals surface area contributed by atoms with Gasteiger partial charge in [0.25, 0.3) is 0 Å². The van der Waals surface area contributed by atoms with Crippen molar-refractivity contribution in [3.05, 3.63) is 58.5 Å². The summed E-state index contributed by atoms with van der Waals surface area (Å²) >= 11 is 0. The third-order valence-corrected chi connectivity index (χ3v) is 3.76. The molecular weight excluding hydrogens is 246 g/mol. The van der Waals surface area contributed by atoms with Crippen molar-refractivity contribution in [2.75, 3.05) is 6.54 Å². The molecule has 2 nitrogen and oxygen atoms in total. The zero-order valence-corrected chi connectivity index (χ0v) is 13.0. The van der Waals surface area contributed by atoms with Crippen LogP contribution in [0.4, 0.5) is 0 Å². The number of aryl methyl sites for hydroxylation is 3. The second kappa shape index (κ2) is 6.76. The highest BCUT2D eigenvalue weighted by atomic mass is 16.3. The Hall–Kier alpha value is -1.54. The van der Waals surface area contributed by atoms with Crippen LogP contribution in [0.3, 0.4) is 0 Å². The van der Waals surface area contributed by atoms with Crippen LogP contribution in [0.15, 0.2) is 34.7 Å². The lowest BCUT2D eigenvalue weighted by molar-refractivity contribution is 0.398. The summed E-state index contributed by atoms with van der Waals surface area (Å²) in [6.45, 7) is 9.52. The molecule has 1 heterocycles. The molecule has 2 aromatic rings. The molecule has 0 amide bonds. The predicted molar refractivity (Wildman–Crippen MR) is 84.1 cm³/mol. The molecule has 1 unspecified atom stereocenters. The van der Waals surface area contributed by atoms with Crippen LogP contribution in [0.1, 0.15) is 47.6 Å². The summed E-state index contributed by atoms with van der Waals surface area (Å²) in [5.74, 6) is 2.01. The fraction of sp³-hybridized carbons (Fsp3) is 0.444. The van der Waals surface area contributed by atoms with E-state index in [-0.39, 0.29) is 6.04 Å². The maximum Gasteiger partial charge on any atom is 0.121 e. The Morgan fingerprint density at radius 2 is 1.85 bits per heavy atom. The van der Waals surface area contributed by atoms with Gasteiger partial charge in [0, 0.05) is 0 Å². The Kier molecular flexibility index (Phi) is 5.02. The normalized spacial score (nSPS) is 12.6. The first-order valence-electron chi connectivity index (χ1n) is 7.46. The van der Waals surface area contributed by atoms with E-state index in [1.165, 1.54) is 16.7 Å². The van der Waals surface area contributed by atoms with Gasteiger partial charge in [0.1, 0.15) is 11.5 Å². The maximum atomic E-state index is 5.81. The van der Waals surface area contributed by atoms with Crippen molar-refractivity contribution in [3.8, 4) is 0 Å². The molecule has 0 fully saturated rings. The summed E-state index contributed by atoms with van der Waals surface area (Å²) < 4.78 is 5.81. The molecule has 0 aliphatic rings. The van der Waals surface area contributed by atoms with Crippen molar-refractivity contribution >= 4 is 0 Å².